The maximum Gasteiger partial charge on any atom is 0.573 e. The Balaban J connectivity index is 1.69. The third-order valence-corrected chi connectivity index (χ3v) is 5.14. The molecule has 3 rings (SSSR count). The van der Waals surface area contributed by atoms with E-state index in [1.165, 1.54) is 37.0 Å². The van der Waals surface area contributed by atoms with Crippen molar-refractivity contribution < 1.29 is 17.9 Å². The molecule has 0 atom stereocenters. The predicted octanol–water partition coefficient (Wildman–Crippen LogP) is 4.53. The average Bonchev–Trinajstić information content (AvgIpc) is 2.58. The minimum Gasteiger partial charge on any atom is -0.406 e. The van der Waals surface area contributed by atoms with Crippen molar-refractivity contribution >= 4 is 24.8 Å². The van der Waals surface area contributed by atoms with Gasteiger partial charge in [-0.3, -0.25) is 0 Å². The summed E-state index contributed by atoms with van der Waals surface area (Å²) in [7, 11) is 5.88. The van der Waals surface area contributed by atoms with Gasteiger partial charge in [0.1, 0.15) is 19.4 Å². The molecule has 1 heterocycles. The maximum atomic E-state index is 12.3. The van der Waals surface area contributed by atoms with Crippen molar-refractivity contribution in [3.8, 4) is 5.75 Å². The molecule has 0 saturated heterocycles. The standard InChI is InChI=1S/C21H25BF3N3O/c1-13(2)17-9-20(27-12-15(17)11-26-10-14-4-3-5-14)28-19-7-6-16(8-18(19)22)29-21(23,24)25/h6-9,12-14,26H,3-5,10-11H2,1-2H3,(H,27,28). The fraction of sp³-hybridized carbons (Fsp3) is 0.476. The molecule has 0 unspecified atom stereocenters. The van der Waals surface area contributed by atoms with Crippen molar-refractivity contribution in [3.05, 3.63) is 41.6 Å². The maximum absolute atomic E-state index is 12.3. The van der Waals surface area contributed by atoms with Crippen LogP contribution < -0.4 is 20.8 Å². The summed E-state index contributed by atoms with van der Waals surface area (Å²) < 4.78 is 40.9. The van der Waals surface area contributed by atoms with E-state index in [0.29, 0.717) is 17.4 Å². The van der Waals surface area contributed by atoms with Gasteiger partial charge in [0.25, 0.3) is 0 Å². The van der Waals surface area contributed by atoms with E-state index >= 15 is 0 Å². The zero-order valence-corrected chi connectivity index (χ0v) is 16.6. The van der Waals surface area contributed by atoms with E-state index in [9.17, 15) is 13.2 Å². The van der Waals surface area contributed by atoms with Crippen LogP contribution in [0.25, 0.3) is 0 Å². The SMILES string of the molecule is [B]c1cc(OC(F)(F)F)ccc1Nc1cc(C(C)C)c(CNCC2CCC2)cn1. The molecule has 0 amide bonds. The number of pyridine rings is 1. The van der Waals surface area contributed by atoms with Gasteiger partial charge in [-0.2, -0.15) is 0 Å². The molecule has 2 N–H and O–H groups in total. The van der Waals surface area contributed by atoms with Crippen LogP contribution in [0.1, 0.15) is 50.2 Å². The fourth-order valence-electron chi connectivity index (χ4n) is 3.35. The third-order valence-electron chi connectivity index (χ3n) is 5.14. The molecule has 1 aromatic heterocycles. The topological polar surface area (TPSA) is 46.2 Å². The van der Waals surface area contributed by atoms with Gasteiger partial charge in [0.2, 0.25) is 0 Å². The van der Waals surface area contributed by atoms with Crippen LogP contribution in [-0.4, -0.2) is 25.7 Å². The molecule has 2 aromatic rings. The van der Waals surface area contributed by atoms with Gasteiger partial charge in [0, 0.05) is 18.4 Å². The molecule has 1 aliphatic carbocycles. The molecule has 1 aliphatic rings. The summed E-state index contributed by atoms with van der Waals surface area (Å²) in [6.45, 7) is 6.03. The first kappa shape index (κ1) is 21.5. The van der Waals surface area contributed by atoms with Crippen molar-refractivity contribution in [3.63, 3.8) is 0 Å². The second-order valence-electron chi connectivity index (χ2n) is 7.77. The summed E-state index contributed by atoms with van der Waals surface area (Å²) in [5.41, 5.74) is 2.93. The van der Waals surface area contributed by atoms with E-state index in [2.05, 4.69) is 34.2 Å². The Labute approximate surface area is 170 Å². The largest absolute Gasteiger partial charge is 0.573 e. The van der Waals surface area contributed by atoms with Crippen LogP contribution in [0.4, 0.5) is 24.7 Å². The van der Waals surface area contributed by atoms with Gasteiger partial charge in [-0.15, -0.1) is 13.2 Å². The van der Waals surface area contributed by atoms with Crippen LogP contribution in [0.3, 0.4) is 0 Å². The van der Waals surface area contributed by atoms with E-state index in [1.807, 2.05) is 12.3 Å². The first-order valence-corrected chi connectivity index (χ1v) is 9.83. The predicted molar refractivity (Wildman–Crippen MR) is 109 cm³/mol. The van der Waals surface area contributed by atoms with Gasteiger partial charge in [-0.25, -0.2) is 4.98 Å². The highest BCUT2D eigenvalue weighted by atomic mass is 19.4. The molecular formula is C21H25BF3N3O. The summed E-state index contributed by atoms with van der Waals surface area (Å²) in [5.74, 6) is 1.33. The van der Waals surface area contributed by atoms with E-state index in [-0.39, 0.29) is 11.2 Å². The second-order valence-corrected chi connectivity index (χ2v) is 7.77. The highest BCUT2D eigenvalue weighted by Gasteiger charge is 2.31. The fourth-order valence-corrected chi connectivity index (χ4v) is 3.35. The number of hydrogen-bond donors (Lipinski definition) is 2. The molecule has 29 heavy (non-hydrogen) atoms. The molecule has 2 radical (unpaired) electrons. The molecule has 0 aliphatic heterocycles. The van der Waals surface area contributed by atoms with Crippen molar-refractivity contribution in [1.82, 2.24) is 10.3 Å². The normalized spacial score (nSPS) is 14.7. The van der Waals surface area contributed by atoms with Crippen molar-refractivity contribution in [2.75, 3.05) is 11.9 Å². The molecule has 154 valence electrons. The number of benzene rings is 1. The first-order chi connectivity index (χ1) is 13.7. The van der Waals surface area contributed by atoms with Gasteiger partial charge >= 0.3 is 6.36 Å². The zero-order chi connectivity index (χ0) is 21.0. The summed E-state index contributed by atoms with van der Waals surface area (Å²) in [6, 6.07) is 5.76. The number of nitrogens with one attached hydrogen (secondary N) is 2. The Hall–Kier alpha value is -2.22. The van der Waals surface area contributed by atoms with Crippen LogP contribution >= 0.6 is 0 Å². The number of anilines is 2. The minimum absolute atomic E-state index is 0.144. The average molecular weight is 403 g/mol. The van der Waals surface area contributed by atoms with Gasteiger partial charge in [-0.1, -0.05) is 25.7 Å². The molecule has 1 fully saturated rings. The number of rotatable bonds is 8. The number of ether oxygens (including phenoxy) is 1. The second kappa shape index (κ2) is 9.07. The Morgan fingerprint density at radius 1 is 1.24 bits per heavy atom. The highest BCUT2D eigenvalue weighted by Crippen LogP contribution is 2.27. The molecule has 8 heteroatoms. The van der Waals surface area contributed by atoms with Crippen LogP contribution in [-0.2, 0) is 6.54 Å². The number of nitrogens with zero attached hydrogens (tertiary/aromatic N) is 1. The van der Waals surface area contributed by atoms with E-state index in [4.69, 9.17) is 7.85 Å². The van der Waals surface area contributed by atoms with Gasteiger partial charge in [0.05, 0.1) is 0 Å². The lowest BCUT2D eigenvalue weighted by Gasteiger charge is -2.26. The third kappa shape index (κ3) is 6.13. The first-order valence-electron chi connectivity index (χ1n) is 9.83. The minimum atomic E-state index is -4.75. The Morgan fingerprint density at radius 3 is 2.59 bits per heavy atom. The van der Waals surface area contributed by atoms with Gasteiger partial charge in [0.15, 0.2) is 0 Å². The monoisotopic (exact) mass is 403 g/mol. The lowest BCUT2D eigenvalue weighted by molar-refractivity contribution is -0.274. The van der Waals surface area contributed by atoms with Crippen LogP contribution in [0.2, 0.25) is 0 Å². The van der Waals surface area contributed by atoms with Crippen molar-refractivity contribution in [1.29, 1.82) is 0 Å². The number of aromatic nitrogens is 1. The summed E-state index contributed by atoms with van der Waals surface area (Å²) in [4.78, 5) is 4.45. The number of halogens is 3. The summed E-state index contributed by atoms with van der Waals surface area (Å²) in [6.07, 6.45) is 1.02. The van der Waals surface area contributed by atoms with E-state index in [0.717, 1.165) is 30.6 Å². The van der Waals surface area contributed by atoms with E-state index in [1.54, 1.807) is 0 Å². The molecule has 0 spiro atoms. The zero-order valence-electron chi connectivity index (χ0n) is 16.6. The lowest BCUT2D eigenvalue weighted by Crippen LogP contribution is -2.27. The lowest BCUT2D eigenvalue weighted by atomic mass is 9.85. The quantitative estimate of drug-likeness (QED) is 0.636. The number of hydrogen-bond acceptors (Lipinski definition) is 4. The summed E-state index contributed by atoms with van der Waals surface area (Å²) in [5, 5.41) is 6.60. The van der Waals surface area contributed by atoms with Crippen LogP contribution in [0.5, 0.6) is 5.75 Å². The van der Waals surface area contributed by atoms with Crippen molar-refractivity contribution in [2.45, 2.75) is 51.9 Å². The molecule has 1 saturated carbocycles. The highest BCUT2D eigenvalue weighted by molar-refractivity contribution is 6.36. The molecule has 4 nitrogen and oxygen atoms in total. The smallest absolute Gasteiger partial charge is 0.406 e. The molecule has 0 bridgehead atoms. The van der Waals surface area contributed by atoms with Gasteiger partial charge in [-0.05, 0) is 66.6 Å². The molecule has 1 aromatic carbocycles. The Morgan fingerprint density at radius 2 is 2.00 bits per heavy atom. The Bertz CT molecular complexity index is 838. The Kier molecular flexibility index (Phi) is 6.72. The van der Waals surface area contributed by atoms with E-state index < -0.39 is 6.36 Å². The van der Waals surface area contributed by atoms with Gasteiger partial charge < -0.3 is 15.4 Å². The van der Waals surface area contributed by atoms with Crippen LogP contribution in [0, 0.1) is 5.92 Å². The van der Waals surface area contributed by atoms with Crippen LogP contribution in [0.15, 0.2) is 30.5 Å². The summed E-state index contributed by atoms with van der Waals surface area (Å²) >= 11 is 0. The van der Waals surface area contributed by atoms with Crippen molar-refractivity contribution in [2.24, 2.45) is 5.92 Å². The molecular weight excluding hydrogens is 378 g/mol. The number of alkyl halides is 3.